The molecular formula is C11H12N2O2S2. The van der Waals surface area contributed by atoms with Gasteiger partial charge in [-0.15, -0.1) is 11.3 Å². The molecule has 0 aliphatic rings. The molecule has 0 fully saturated rings. The molecule has 0 saturated heterocycles. The van der Waals surface area contributed by atoms with Crippen molar-refractivity contribution < 1.29 is 9.90 Å². The maximum Gasteiger partial charge on any atom is 0.316 e. The summed E-state index contributed by atoms with van der Waals surface area (Å²) in [4.78, 5) is 21.4. The van der Waals surface area contributed by atoms with Gasteiger partial charge in [0.2, 0.25) is 0 Å². The summed E-state index contributed by atoms with van der Waals surface area (Å²) in [5.41, 5.74) is 1.14. The highest BCUT2D eigenvalue weighted by Gasteiger charge is 2.18. The summed E-state index contributed by atoms with van der Waals surface area (Å²) >= 11 is 2.88. The van der Waals surface area contributed by atoms with Crippen LogP contribution in [0.5, 0.6) is 0 Å². The molecule has 2 heterocycles. The number of hydrogen-bond donors (Lipinski definition) is 1. The van der Waals surface area contributed by atoms with Gasteiger partial charge >= 0.3 is 5.97 Å². The molecule has 0 spiro atoms. The van der Waals surface area contributed by atoms with Crippen LogP contribution >= 0.6 is 23.1 Å². The van der Waals surface area contributed by atoms with E-state index in [0.717, 1.165) is 20.8 Å². The van der Waals surface area contributed by atoms with E-state index in [2.05, 4.69) is 9.97 Å². The minimum Gasteiger partial charge on any atom is -0.480 e. The zero-order chi connectivity index (χ0) is 12.6. The molecule has 0 radical (unpaired) electrons. The quantitative estimate of drug-likeness (QED) is 0.685. The molecule has 4 nitrogen and oxygen atoms in total. The Labute approximate surface area is 107 Å². The minimum absolute atomic E-state index is 0.507. The summed E-state index contributed by atoms with van der Waals surface area (Å²) in [6, 6.07) is 0. The summed E-state index contributed by atoms with van der Waals surface area (Å²) in [7, 11) is 0. The van der Waals surface area contributed by atoms with Crippen molar-refractivity contribution in [2.45, 2.75) is 31.0 Å². The Balaban J connectivity index is 2.50. The average Bonchev–Trinajstić information content (AvgIpc) is 2.56. The SMILES string of the molecule is Cc1sc2ncnc(S[C@@H](C)C(=O)O)c2c1C. The molecule has 0 saturated carbocycles. The first kappa shape index (κ1) is 12.3. The average molecular weight is 268 g/mol. The Morgan fingerprint density at radius 1 is 1.47 bits per heavy atom. The van der Waals surface area contributed by atoms with Crippen LogP contribution in [0, 0.1) is 13.8 Å². The van der Waals surface area contributed by atoms with Crippen LogP contribution in [-0.2, 0) is 4.79 Å². The van der Waals surface area contributed by atoms with E-state index in [1.807, 2.05) is 13.8 Å². The van der Waals surface area contributed by atoms with Crippen LogP contribution in [0.1, 0.15) is 17.4 Å². The third-order valence-corrected chi connectivity index (χ3v) is 4.77. The van der Waals surface area contributed by atoms with Gasteiger partial charge < -0.3 is 5.11 Å². The van der Waals surface area contributed by atoms with Gasteiger partial charge in [0.1, 0.15) is 21.4 Å². The van der Waals surface area contributed by atoms with Crippen molar-refractivity contribution in [1.29, 1.82) is 0 Å². The zero-order valence-corrected chi connectivity index (χ0v) is 11.4. The van der Waals surface area contributed by atoms with E-state index in [9.17, 15) is 4.79 Å². The molecule has 17 heavy (non-hydrogen) atoms. The van der Waals surface area contributed by atoms with Gasteiger partial charge in [0, 0.05) is 10.3 Å². The Kier molecular flexibility index (Phi) is 3.35. The van der Waals surface area contributed by atoms with Gasteiger partial charge in [-0.1, -0.05) is 11.8 Å². The number of carbonyl (C=O) groups is 1. The number of aryl methyl sites for hydroxylation is 2. The number of nitrogens with zero attached hydrogens (tertiary/aromatic N) is 2. The summed E-state index contributed by atoms with van der Waals surface area (Å²) in [5.74, 6) is -0.827. The molecule has 6 heteroatoms. The van der Waals surface area contributed by atoms with Gasteiger partial charge in [-0.3, -0.25) is 4.79 Å². The highest BCUT2D eigenvalue weighted by molar-refractivity contribution is 8.00. The molecule has 0 aliphatic carbocycles. The van der Waals surface area contributed by atoms with Crippen molar-refractivity contribution in [3.63, 3.8) is 0 Å². The van der Waals surface area contributed by atoms with Crippen LogP contribution in [0.3, 0.4) is 0 Å². The summed E-state index contributed by atoms with van der Waals surface area (Å²) in [6.45, 7) is 5.72. The number of thiophene rings is 1. The molecule has 0 aliphatic heterocycles. The number of aromatic nitrogens is 2. The van der Waals surface area contributed by atoms with Crippen molar-refractivity contribution in [1.82, 2.24) is 9.97 Å². The number of rotatable bonds is 3. The third kappa shape index (κ3) is 2.28. The van der Waals surface area contributed by atoms with Crippen molar-refractivity contribution in [3.8, 4) is 0 Å². The fourth-order valence-corrected chi connectivity index (χ4v) is 3.43. The topological polar surface area (TPSA) is 63.1 Å². The number of hydrogen-bond acceptors (Lipinski definition) is 5. The van der Waals surface area contributed by atoms with Crippen LogP contribution in [0.15, 0.2) is 11.4 Å². The largest absolute Gasteiger partial charge is 0.480 e. The second kappa shape index (κ2) is 4.62. The first-order chi connectivity index (χ1) is 8.00. The molecule has 2 rings (SSSR count). The summed E-state index contributed by atoms with van der Waals surface area (Å²) < 4.78 is 0. The monoisotopic (exact) mass is 268 g/mol. The maximum absolute atomic E-state index is 10.9. The molecule has 0 unspecified atom stereocenters. The minimum atomic E-state index is -0.827. The molecule has 0 bridgehead atoms. The standard InChI is InChI=1S/C11H12N2O2S2/c1-5-6(2)16-9-8(5)10(13-4-12-9)17-7(3)11(14)15/h4,7H,1-3H3,(H,14,15)/t7-/m0/s1. The molecule has 0 aromatic carbocycles. The first-order valence-electron chi connectivity index (χ1n) is 5.11. The molecule has 90 valence electrons. The summed E-state index contributed by atoms with van der Waals surface area (Å²) in [6.07, 6.45) is 1.49. The van der Waals surface area contributed by atoms with E-state index in [-0.39, 0.29) is 0 Å². The molecular weight excluding hydrogens is 256 g/mol. The van der Waals surface area contributed by atoms with Crippen LogP contribution in [0.4, 0.5) is 0 Å². The smallest absolute Gasteiger partial charge is 0.316 e. The lowest BCUT2D eigenvalue weighted by Crippen LogP contribution is -2.11. The van der Waals surface area contributed by atoms with E-state index in [0.29, 0.717) is 0 Å². The van der Waals surface area contributed by atoms with E-state index in [4.69, 9.17) is 5.11 Å². The highest BCUT2D eigenvalue weighted by Crippen LogP contribution is 2.35. The van der Waals surface area contributed by atoms with Gasteiger partial charge in [-0.25, -0.2) is 9.97 Å². The predicted octanol–water partition coefficient (Wildman–Crippen LogP) is 2.87. The number of fused-ring (bicyclic) bond motifs is 1. The number of carboxylic acid groups (broad SMARTS) is 1. The molecule has 1 N–H and O–H groups in total. The van der Waals surface area contributed by atoms with Gasteiger partial charge in [0.15, 0.2) is 0 Å². The van der Waals surface area contributed by atoms with E-state index >= 15 is 0 Å². The lowest BCUT2D eigenvalue weighted by Gasteiger charge is -2.06. The van der Waals surface area contributed by atoms with Crippen LogP contribution < -0.4 is 0 Å². The lowest BCUT2D eigenvalue weighted by atomic mass is 10.2. The van der Waals surface area contributed by atoms with E-state index in [1.165, 1.54) is 23.0 Å². The lowest BCUT2D eigenvalue weighted by molar-refractivity contribution is -0.136. The Morgan fingerprint density at radius 2 is 2.18 bits per heavy atom. The molecule has 2 aromatic heterocycles. The fraction of sp³-hybridized carbons (Fsp3) is 0.364. The number of carboxylic acids is 1. The Bertz CT molecular complexity index is 580. The van der Waals surface area contributed by atoms with Crippen LogP contribution in [-0.4, -0.2) is 26.3 Å². The van der Waals surface area contributed by atoms with Crippen LogP contribution in [0.25, 0.3) is 10.2 Å². The van der Waals surface area contributed by atoms with Crippen LogP contribution in [0.2, 0.25) is 0 Å². The second-order valence-electron chi connectivity index (χ2n) is 3.74. The van der Waals surface area contributed by atoms with Crippen molar-refractivity contribution in [2.75, 3.05) is 0 Å². The third-order valence-electron chi connectivity index (χ3n) is 2.57. The number of aliphatic carboxylic acids is 1. The first-order valence-corrected chi connectivity index (χ1v) is 6.80. The Hall–Kier alpha value is -1.14. The van der Waals surface area contributed by atoms with E-state index in [1.54, 1.807) is 18.3 Å². The normalized spacial score (nSPS) is 12.9. The van der Waals surface area contributed by atoms with Crippen molar-refractivity contribution >= 4 is 39.3 Å². The number of thioether (sulfide) groups is 1. The van der Waals surface area contributed by atoms with Crippen molar-refractivity contribution in [2.24, 2.45) is 0 Å². The fourth-order valence-electron chi connectivity index (χ4n) is 1.46. The van der Waals surface area contributed by atoms with Gasteiger partial charge in [0.05, 0.1) is 0 Å². The predicted molar refractivity (Wildman–Crippen MR) is 69.8 cm³/mol. The van der Waals surface area contributed by atoms with Gasteiger partial charge in [-0.05, 0) is 26.3 Å². The Morgan fingerprint density at radius 3 is 2.82 bits per heavy atom. The van der Waals surface area contributed by atoms with Gasteiger partial charge in [0.25, 0.3) is 0 Å². The van der Waals surface area contributed by atoms with Gasteiger partial charge in [-0.2, -0.15) is 0 Å². The second-order valence-corrected chi connectivity index (χ2v) is 6.27. The highest BCUT2D eigenvalue weighted by atomic mass is 32.2. The maximum atomic E-state index is 10.9. The van der Waals surface area contributed by atoms with E-state index < -0.39 is 11.2 Å². The molecule has 2 aromatic rings. The zero-order valence-electron chi connectivity index (χ0n) is 9.72. The van der Waals surface area contributed by atoms with Crippen molar-refractivity contribution in [3.05, 3.63) is 16.8 Å². The molecule has 1 atom stereocenters. The summed E-state index contributed by atoms with van der Waals surface area (Å²) in [5, 5.41) is 10.2. The molecule has 0 amide bonds.